The molecule has 1 unspecified atom stereocenters. The molecule has 0 bridgehead atoms. The first-order valence-corrected chi connectivity index (χ1v) is 14.8. The maximum Gasteiger partial charge on any atom is 0.269 e. The molecule has 2 aromatic rings. The van der Waals surface area contributed by atoms with Gasteiger partial charge >= 0.3 is 0 Å². The molecule has 5 nitrogen and oxygen atoms in total. The molecule has 0 spiro atoms. The van der Waals surface area contributed by atoms with Crippen LogP contribution in [0.4, 0.5) is 0 Å². The topological polar surface area (TPSA) is 59.9 Å². The van der Waals surface area contributed by atoms with Gasteiger partial charge in [0.25, 0.3) is 5.91 Å². The van der Waals surface area contributed by atoms with E-state index in [-0.39, 0.29) is 17.7 Å². The van der Waals surface area contributed by atoms with Crippen molar-refractivity contribution in [2.24, 2.45) is 4.99 Å². The Balaban J connectivity index is 0.00000187. The molecule has 0 aromatic heterocycles. The molecule has 0 saturated heterocycles. The Morgan fingerprint density at radius 3 is 2.35 bits per heavy atom. The van der Waals surface area contributed by atoms with E-state index in [0.29, 0.717) is 30.3 Å². The highest BCUT2D eigenvalue weighted by Crippen LogP contribution is 2.26. The third-order valence-electron chi connectivity index (χ3n) is 6.42. The van der Waals surface area contributed by atoms with Crippen LogP contribution in [-0.4, -0.2) is 31.6 Å². The molecule has 0 aliphatic carbocycles. The fourth-order valence-corrected chi connectivity index (χ4v) is 3.97. The Kier molecular flexibility index (Phi) is 16.7. The summed E-state index contributed by atoms with van der Waals surface area (Å²) in [4.78, 5) is 17.3. The number of nitrogens with zero attached hydrogens (tertiary/aromatic N) is 1. The van der Waals surface area contributed by atoms with Gasteiger partial charge in [0.1, 0.15) is 11.4 Å². The lowest BCUT2D eigenvalue weighted by Crippen LogP contribution is -2.26. The number of halogens is 1. The van der Waals surface area contributed by atoms with E-state index in [0.717, 1.165) is 46.4 Å². The van der Waals surface area contributed by atoms with Crippen LogP contribution < -0.4 is 10.1 Å². The maximum atomic E-state index is 12.8. The van der Waals surface area contributed by atoms with E-state index in [9.17, 15) is 4.79 Å². The lowest BCUT2D eigenvalue weighted by Gasteiger charge is -2.16. The van der Waals surface area contributed by atoms with Crippen molar-refractivity contribution in [2.75, 3.05) is 13.7 Å². The first-order chi connectivity index (χ1) is 19.1. The van der Waals surface area contributed by atoms with Gasteiger partial charge in [-0.25, -0.2) is 4.99 Å². The zero-order valence-electron chi connectivity index (χ0n) is 25.8. The zero-order valence-corrected chi connectivity index (χ0v) is 26.6. The predicted molar refractivity (Wildman–Crippen MR) is 172 cm³/mol. The maximum absolute atomic E-state index is 12.8. The minimum Gasteiger partial charge on any atom is -0.496 e. The molecule has 1 amide bonds. The number of carbonyl (C=O) groups excluding carboxylic acids is 1. The fraction of sp³-hybridized carbons (Fsp3) is 0.471. The van der Waals surface area contributed by atoms with E-state index in [1.165, 1.54) is 12.8 Å². The van der Waals surface area contributed by atoms with Crippen molar-refractivity contribution in [2.45, 2.75) is 93.1 Å². The first kappa shape index (κ1) is 35.0. The number of amides is 1. The molecule has 0 saturated carbocycles. The summed E-state index contributed by atoms with van der Waals surface area (Å²) in [5, 5.41) is 3.64. The third-order valence-corrected chi connectivity index (χ3v) is 6.66. The summed E-state index contributed by atoms with van der Waals surface area (Å²) in [6.45, 7) is 18.9. The normalized spacial score (nSPS) is 12.2. The van der Waals surface area contributed by atoms with Gasteiger partial charge in [-0.15, -0.1) is 0 Å². The quantitative estimate of drug-likeness (QED) is 0.149. The molecule has 1 atom stereocenters. The molecule has 2 aromatic carbocycles. The molecular formula is C34H49ClN2O3. The van der Waals surface area contributed by atoms with Crippen molar-refractivity contribution in [1.29, 1.82) is 0 Å². The standard InChI is InChI=1S/C30H39ClN2O3.C4H10/c1-8-10-25(27-19-26(31)13-11-20(27)3)15-16-32-30(34)23(6)33-29(36-22(5)9-2)18-24-12-14-28(35-7)21(4)17-24;1-3-4-2/h10-14,17,19,22H,6,8-9,15-16,18H2,1-5,7H3,(H,32,34);3-4H2,1-2H3/b25-10-,33-29?;. The first-order valence-electron chi connectivity index (χ1n) is 14.4. The smallest absolute Gasteiger partial charge is 0.269 e. The molecule has 0 fully saturated rings. The summed E-state index contributed by atoms with van der Waals surface area (Å²) < 4.78 is 11.4. The lowest BCUT2D eigenvalue weighted by atomic mass is 9.97. The lowest BCUT2D eigenvalue weighted by molar-refractivity contribution is -0.117. The molecule has 2 rings (SSSR count). The monoisotopic (exact) mass is 568 g/mol. The second kappa shape index (κ2) is 19.1. The Bertz CT molecular complexity index is 1150. The van der Waals surface area contributed by atoms with Crippen molar-refractivity contribution in [1.82, 2.24) is 5.32 Å². The van der Waals surface area contributed by atoms with Gasteiger partial charge in [0.15, 0.2) is 5.90 Å². The van der Waals surface area contributed by atoms with Crippen LogP contribution in [0.25, 0.3) is 5.57 Å². The van der Waals surface area contributed by atoms with Gasteiger partial charge in [-0.1, -0.05) is 83.0 Å². The molecule has 40 heavy (non-hydrogen) atoms. The van der Waals surface area contributed by atoms with Crippen LogP contribution in [0.15, 0.2) is 59.7 Å². The van der Waals surface area contributed by atoms with Crippen molar-refractivity contribution < 1.29 is 14.3 Å². The molecule has 0 radical (unpaired) electrons. The molecule has 6 heteroatoms. The van der Waals surface area contributed by atoms with E-state index in [2.05, 4.69) is 50.7 Å². The fourth-order valence-electron chi connectivity index (χ4n) is 3.80. The molecule has 0 aliphatic heterocycles. The Hall–Kier alpha value is -3.05. The Labute approximate surface area is 247 Å². The van der Waals surface area contributed by atoms with E-state index in [4.69, 9.17) is 21.1 Å². The van der Waals surface area contributed by atoms with Gasteiger partial charge in [-0.05, 0) is 86.1 Å². The Morgan fingerprint density at radius 2 is 1.77 bits per heavy atom. The van der Waals surface area contributed by atoms with E-state index in [1.54, 1.807) is 7.11 Å². The van der Waals surface area contributed by atoms with Gasteiger partial charge in [0.05, 0.1) is 13.2 Å². The average Bonchev–Trinajstić information content (AvgIpc) is 2.93. The van der Waals surface area contributed by atoms with Crippen LogP contribution in [0.3, 0.4) is 0 Å². The number of rotatable bonds is 13. The second-order valence-corrected chi connectivity index (χ2v) is 10.3. The Morgan fingerprint density at radius 1 is 1.07 bits per heavy atom. The number of methoxy groups -OCH3 is 1. The van der Waals surface area contributed by atoms with Gasteiger partial charge in [0, 0.05) is 18.0 Å². The summed E-state index contributed by atoms with van der Waals surface area (Å²) in [5.41, 5.74) is 5.59. The second-order valence-electron chi connectivity index (χ2n) is 9.87. The highest BCUT2D eigenvalue weighted by molar-refractivity contribution is 6.30. The van der Waals surface area contributed by atoms with Crippen LogP contribution in [0, 0.1) is 13.8 Å². The van der Waals surface area contributed by atoms with E-state index >= 15 is 0 Å². The number of unbranched alkanes of at least 4 members (excludes halogenated alkanes) is 1. The van der Waals surface area contributed by atoms with Crippen LogP contribution in [0.2, 0.25) is 5.02 Å². The number of nitrogens with one attached hydrogen (secondary N) is 1. The zero-order chi connectivity index (χ0) is 30.1. The minimum atomic E-state index is -0.315. The van der Waals surface area contributed by atoms with Crippen LogP contribution >= 0.6 is 11.6 Å². The van der Waals surface area contributed by atoms with Gasteiger partial charge < -0.3 is 14.8 Å². The summed E-state index contributed by atoms with van der Waals surface area (Å²) in [6.07, 6.45) is 7.65. The van der Waals surface area contributed by atoms with Gasteiger partial charge in [-0.3, -0.25) is 4.79 Å². The molecule has 0 aliphatic rings. The number of benzene rings is 2. The molecule has 0 heterocycles. The summed E-state index contributed by atoms with van der Waals surface area (Å²) >= 11 is 6.22. The van der Waals surface area contributed by atoms with Crippen LogP contribution in [-0.2, 0) is 16.0 Å². The number of aliphatic imine (C=N–C) groups is 1. The summed E-state index contributed by atoms with van der Waals surface area (Å²) in [5.74, 6) is 0.980. The number of carbonyl (C=O) groups is 1. The number of hydrogen-bond acceptors (Lipinski definition) is 4. The largest absolute Gasteiger partial charge is 0.496 e. The van der Waals surface area contributed by atoms with Crippen molar-refractivity contribution in [3.8, 4) is 5.75 Å². The number of aryl methyl sites for hydroxylation is 2. The van der Waals surface area contributed by atoms with Crippen molar-refractivity contribution >= 4 is 29.0 Å². The summed E-state index contributed by atoms with van der Waals surface area (Å²) in [6, 6.07) is 11.8. The average molecular weight is 569 g/mol. The van der Waals surface area contributed by atoms with Crippen molar-refractivity contribution in [3.63, 3.8) is 0 Å². The highest BCUT2D eigenvalue weighted by atomic mass is 35.5. The van der Waals surface area contributed by atoms with E-state index in [1.807, 2.05) is 57.2 Å². The SMILES string of the molecule is C=C(N=C(Cc1ccc(OC)c(C)c1)OC(C)CC)C(=O)NCC/C(=C/CC)c1cc(Cl)ccc1C.CCCC. The van der Waals surface area contributed by atoms with E-state index < -0.39 is 0 Å². The molecule has 220 valence electrons. The van der Waals surface area contributed by atoms with Gasteiger partial charge in [0.2, 0.25) is 0 Å². The van der Waals surface area contributed by atoms with Crippen LogP contribution in [0.1, 0.15) is 89.0 Å². The van der Waals surface area contributed by atoms with Gasteiger partial charge in [-0.2, -0.15) is 0 Å². The van der Waals surface area contributed by atoms with Crippen molar-refractivity contribution in [3.05, 3.63) is 82.0 Å². The number of ether oxygens (including phenoxy) is 2. The molecule has 1 N–H and O–H groups in total. The third kappa shape index (κ3) is 12.4. The molecular weight excluding hydrogens is 520 g/mol. The summed E-state index contributed by atoms with van der Waals surface area (Å²) in [7, 11) is 1.65. The van der Waals surface area contributed by atoms with Crippen LogP contribution in [0.5, 0.6) is 5.75 Å². The minimum absolute atomic E-state index is 0.0263. The highest BCUT2D eigenvalue weighted by Gasteiger charge is 2.14. The predicted octanol–water partition coefficient (Wildman–Crippen LogP) is 9.04. The number of hydrogen-bond donors (Lipinski definition) is 1. The number of allylic oxidation sites excluding steroid dienone is 1.